The summed E-state index contributed by atoms with van der Waals surface area (Å²) in [4.78, 5) is 20.4. The van der Waals surface area contributed by atoms with E-state index in [1.807, 2.05) is 0 Å². The number of carbonyl (C=O) groups excluding carboxylic acids is 1. The number of hydrogen-bond donors (Lipinski definition) is 8. The first-order valence-electron chi connectivity index (χ1n) is 11.8. The minimum absolute atomic E-state index is 0.0355. The topological polar surface area (TPSA) is 294 Å². The van der Waals surface area contributed by atoms with Crippen LogP contribution in [0.15, 0.2) is 77.3 Å². The zero-order valence-electron chi connectivity index (χ0n) is 21.8. The SMILES string of the molecule is NC(=O)OC[C@@H]1N=C(N)N2CCC(O)(O)C23NC(N)=NC13.O=S(=O)(O)c1ccc(Br)cc1.O=S(=O)(O)c1ccc(Br)cc1. The Labute approximate surface area is 262 Å². The van der Waals surface area contributed by atoms with Crippen LogP contribution in [0, 0.1) is 0 Å². The predicted molar refractivity (Wildman–Crippen MR) is 159 cm³/mol. The van der Waals surface area contributed by atoms with Crippen molar-refractivity contribution < 1.29 is 45.7 Å². The second-order valence-corrected chi connectivity index (χ2v) is 13.8. The molecule has 1 amide bonds. The van der Waals surface area contributed by atoms with Gasteiger partial charge in [-0.1, -0.05) is 31.9 Å². The van der Waals surface area contributed by atoms with Gasteiger partial charge in [0, 0.05) is 21.9 Å². The number of primary amides is 1. The van der Waals surface area contributed by atoms with Gasteiger partial charge in [0.05, 0.1) is 9.79 Å². The molecule has 5 rings (SSSR count). The van der Waals surface area contributed by atoms with E-state index < -0.39 is 49.9 Å². The quantitative estimate of drug-likeness (QED) is 0.144. The van der Waals surface area contributed by atoms with E-state index in [-0.39, 0.29) is 41.3 Å². The molecule has 2 aromatic carbocycles. The largest absolute Gasteiger partial charge is 0.447 e. The third kappa shape index (κ3) is 7.92. The van der Waals surface area contributed by atoms with Crippen LogP contribution in [-0.4, -0.2) is 95.8 Å². The third-order valence-corrected chi connectivity index (χ3v) is 9.10. The highest BCUT2D eigenvalue weighted by molar-refractivity contribution is 9.10. The summed E-state index contributed by atoms with van der Waals surface area (Å²) in [6.45, 7) is 0.0862. The minimum Gasteiger partial charge on any atom is -0.447 e. The van der Waals surface area contributed by atoms with Gasteiger partial charge in [-0.15, -0.1) is 0 Å². The first-order chi connectivity index (χ1) is 19.8. The van der Waals surface area contributed by atoms with Crippen LogP contribution in [0.2, 0.25) is 0 Å². The summed E-state index contributed by atoms with van der Waals surface area (Å²) in [5, 5.41) is 23.5. The van der Waals surface area contributed by atoms with Gasteiger partial charge in [-0.2, -0.15) is 16.8 Å². The molecule has 1 saturated heterocycles. The smallest absolute Gasteiger partial charge is 0.404 e. The van der Waals surface area contributed by atoms with Crippen molar-refractivity contribution in [2.75, 3.05) is 13.2 Å². The van der Waals surface area contributed by atoms with E-state index in [1.54, 1.807) is 24.3 Å². The Balaban J connectivity index is 0.000000195. The van der Waals surface area contributed by atoms with Crippen molar-refractivity contribution in [3.63, 3.8) is 0 Å². The van der Waals surface area contributed by atoms with Crippen molar-refractivity contribution in [1.82, 2.24) is 10.2 Å². The number of rotatable bonds is 4. The van der Waals surface area contributed by atoms with Crippen molar-refractivity contribution in [2.24, 2.45) is 27.2 Å². The van der Waals surface area contributed by atoms with Crippen LogP contribution in [0.25, 0.3) is 0 Å². The Morgan fingerprint density at radius 1 is 0.953 bits per heavy atom. The monoisotopic (exact) mass is 771 g/mol. The van der Waals surface area contributed by atoms with E-state index in [9.17, 15) is 31.8 Å². The zero-order valence-corrected chi connectivity index (χ0v) is 26.6. The number of benzene rings is 2. The molecule has 21 heteroatoms. The van der Waals surface area contributed by atoms with Gasteiger partial charge in [0.25, 0.3) is 20.2 Å². The van der Waals surface area contributed by atoms with Crippen molar-refractivity contribution in [1.29, 1.82) is 0 Å². The molecule has 1 spiro atoms. The van der Waals surface area contributed by atoms with Gasteiger partial charge < -0.3 is 42.4 Å². The Morgan fingerprint density at radius 2 is 1.42 bits per heavy atom. The van der Waals surface area contributed by atoms with E-state index in [4.69, 9.17) is 31.0 Å². The summed E-state index contributed by atoms with van der Waals surface area (Å²) in [6, 6.07) is 9.96. The maximum Gasteiger partial charge on any atom is 0.404 e. The van der Waals surface area contributed by atoms with E-state index in [1.165, 1.54) is 29.2 Å². The lowest BCUT2D eigenvalue weighted by molar-refractivity contribution is -0.221. The second kappa shape index (κ2) is 12.9. The average Bonchev–Trinajstić information content (AvgIpc) is 3.38. The number of guanidine groups is 2. The Bertz CT molecular complexity index is 1550. The van der Waals surface area contributed by atoms with Crippen molar-refractivity contribution in [3.8, 4) is 0 Å². The molecule has 236 valence electrons. The van der Waals surface area contributed by atoms with Gasteiger partial charge in [-0.05, 0) is 48.5 Å². The number of halogens is 2. The van der Waals surface area contributed by atoms with Crippen LogP contribution >= 0.6 is 31.9 Å². The molecule has 2 aromatic rings. The van der Waals surface area contributed by atoms with Gasteiger partial charge in [-0.25, -0.2) is 14.8 Å². The Hall–Kier alpha value is -3.05. The number of nitrogens with zero attached hydrogens (tertiary/aromatic N) is 3. The molecular formula is C22H27Br2N7O10S2. The van der Waals surface area contributed by atoms with E-state index >= 15 is 0 Å². The molecule has 0 aromatic heterocycles. The number of aliphatic imine (C=N–C) groups is 2. The summed E-state index contributed by atoms with van der Waals surface area (Å²) in [7, 11) is -8.08. The highest BCUT2D eigenvalue weighted by Gasteiger charge is 2.69. The fraction of sp³-hybridized carbons (Fsp3) is 0.318. The lowest BCUT2D eigenvalue weighted by atomic mass is 9.87. The lowest BCUT2D eigenvalue weighted by Gasteiger charge is -2.48. The molecule has 0 saturated carbocycles. The molecule has 1 fully saturated rings. The average molecular weight is 773 g/mol. The van der Waals surface area contributed by atoms with Gasteiger partial charge in [-0.3, -0.25) is 9.11 Å². The fourth-order valence-corrected chi connectivity index (χ4v) is 5.93. The number of nitrogens with two attached hydrogens (primary N) is 3. The first-order valence-corrected chi connectivity index (χ1v) is 16.3. The summed E-state index contributed by atoms with van der Waals surface area (Å²) in [6.07, 6.45) is -0.923. The molecule has 3 heterocycles. The minimum atomic E-state index is -4.04. The third-order valence-electron chi connectivity index (χ3n) is 6.30. The fourth-order valence-electron chi connectivity index (χ4n) is 4.44. The summed E-state index contributed by atoms with van der Waals surface area (Å²) in [5.41, 5.74) is 15.1. The van der Waals surface area contributed by atoms with Gasteiger partial charge in [0.15, 0.2) is 17.6 Å². The van der Waals surface area contributed by atoms with Gasteiger partial charge in [0.2, 0.25) is 5.79 Å². The van der Waals surface area contributed by atoms with Crippen molar-refractivity contribution >= 4 is 70.1 Å². The Kier molecular flexibility index (Phi) is 10.3. The molecule has 0 bridgehead atoms. The van der Waals surface area contributed by atoms with Gasteiger partial charge >= 0.3 is 6.09 Å². The maximum absolute atomic E-state index is 10.8. The van der Waals surface area contributed by atoms with E-state index in [0.717, 1.165) is 8.95 Å². The van der Waals surface area contributed by atoms with Crippen LogP contribution < -0.4 is 22.5 Å². The van der Waals surface area contributed by atoms with Gasteiger partial charge in [0.1, 0.15) is 18.7 Å². The van der Waals surface area contributed by atoms with Crippen LogP contribution in [0.4, 0.5) is 4.79 Å². The molecular weight excluding hydrogens is 746 g/mol. The molecule has 11 N–H and O–H groups in total. The molecule has 2 unspecified atom stereocenters. The van der Waals surface area contributed by atoms with Crippen molar-refractivity contribution in [3.05, 3.63) is 57.5 Å². The normalized spacial score (nSPS) is 23.5. The Morgan fingerprint density at radius 3 is 1.84 bits per heavy atom. The number of aliphatic hydroxyl groups is 2. The molecule has 43 heavy (non-hydrogen) atoms. The number of carbonyl (C=O) groups is 1. The maximum atomic E-state index is 10.8. The molecule has 0 aliphatic carbocycles. The van der Waals surface area contributed by atoms with Crippen LogP contribution in [-0.2, 0) is 25.0 Å². The predicted octanol–water partition coefficient (Wildman–Crippen LogP) is -0.460. The molecule has 3 aliphatic heterocycles. The summed E-state index contributed by atoms with van der Waals surface area (Å²) in [5.74, 6) is -1.99. The molecule has 17 nitrogen and oxygen atoms in total. The lowest BCUT2D eigenvalue weighted by Crippen LogP contribution is -2.76. The number of ether oxygens (including phenoxy) is 1. The summed E-state index contributed by atoms with van der Waals surface area (Å²) < 4.78 is 65.3. The highest BCUT2D eigenvalue weighted by atomic mass is 79.9. The van der Waals surface area contributed by atoms with Crippen LogP contribution in [0.1, 0.15) is 6.42 Å². The first kappa shape index (κ1) is 34.4. The molecule has 0 radical (unpaired) electrons. The summed E-state index contributed by atoms with van der Waals surface area (Å²) >= 11 is 6.27. The highest BCUT2D eigenvalue weighted by Crippen LogP contribution is 2.44. The number of hydrogen-bond acceptors (Lipinski definition) is 14. The molecule has 3 atom stereocenters. The van der Waals surface area contributed by atoms with E-state index in [2.05, 4.69) is 47.2 Å². The zero-order chi connectivity index (χ0) is 32.4. The number of amides is 1. The second-order valence-electron chi connectivity index (χ2n) is 9.11. The van der Waals surface area contributed by atoms with Crippen LogP contribution in [0.5, 0.6) is 0 Å². The van der Waals surface area contributed by atoms with Crippen LogP contribution in [0.3, 0.4) is 0 Å². The number of nitrogens with one attached hydrogen (secondary N) is 1. The standard InChI is InChI=1S/C10H17N7O4.2C6H5BrO3S/c11-6-15-5-4(3-21-8(13)18)14-7(12)17-2-1-9(19,20)10(5,17)16-6;2*7-5-1-3-6(4-2-5)11(8,9)10/h4-5,19-20H,1-3H2,(H2,12,14)(H2,13,18)(H3,11,15,16);2*1-4H,(H,8,9,10)/t4-,5?,10?;;/m0../s1. The van der Waals surface area contributed by atoms with Crippen molar-refractivity contribution in [2.45, 2.75) is 39.7 Å². The molecule has 3 aliphatic rings. The van der Waals surface area contributed by atoms with E-state index in [0.29, 0.717) is 0 Å².